The zero-order chi connectivity index (χ0) is 13.1. The Morgan fingerprint density at radius 3 is 2.06 bits per heavy atom. The molecule has 1 aromatic rings. The number of nitrogens with zero attached hydrogens (tertiary/aromatic N) is 1. The van der Waals surface area contributed by atoms with E-state index in [4.69, 9.17) is 10.5 Å². The van der Waals surface area contributed by atoms with Gasteiger partial charge in [-0.1, -0.05) is 12.1 Å². The molecule has 0 aliphatic carbocycles. The number of hydrogen-bond acceptors (Lipinski definition) is 3. The van der Waals surface area contributed by atoms with E-state index in [-0.39, 0.29) is 11.6 Å². The van der Waals surface area contributed by atoms with Crippen molar-refractivity contribution in [3.8, 4) is 5.75 Å². The third-order valence-electron chi connectivity index (χ3n) is 2.54. The van der Waals surface area contributed by atoms with Crippen molar-refractivity contribution in [2.24, 2.45) is 5.73 Å². The van der Waals surface area contributed by atoms with Crippen LogP contribution in [0.1, 0.15) is 32.4 Å². The molecular weight excluding hydrogens is 212 g/mol. The normalized spacial score (nSPS) is 13.8. The van der Waals surface area contributed by atoms with E-state index in [2.05, 4.69) is 17.0 Å². The summed E-state index contributed by atoms with van der Waals surface area (Å²) in [4.78, 5) is 2.12. The van der Waals surface area contributed by atoms with Crippen LogP contribution in [0.2, 0.25) is 0 Å². The molecule has 0 amide bonds. The number of likely N-dealkylation sites (N-methyl/N-ethyl adjacent to an activating group) is 1. The third-order valence-corrected chi connectivity index (χ3v) is 2.54. The van der Waals surface area contributed by atoms with Gasteiger partial charge < -0.3 is 15.4 Å². The smallest absolute Gasteiger partial charge is 0.120 e. The highest BCUT2D eigenvalue weighted by atomic mass is 16.5. The summed E-state index contributed by atoms with van der Waals surface area (Å²) in [5.41, 5.74) is 6.84. The maximum absolute atomic E-state index is 5.79. The average molecular weight is 236 g/mol. The molecule has 1 unspecified atom stereocenters. The molecule has 0 radical (unpaired) electrons. The fourth-order valence-corrected chi connectivity index (χ4v) is 1.76. The van der Waals surface area contributed by atoms with Gasteiger partial charge in [0.1, 0.15) is 11.4 Å². The van der Waals surface area contributed by atoms with Crippen molar-refractivity contribution in [2.75, 3.05) is 20.6 Å². The van der Waals surface area contributed by atoms with Crippen LogP contribution >= 0.6 is 0 Å². The van der Waals surface area contributed by atoms with Crippen molar-refractivity contribution in [2.45, 2.75) is 32.4 Å². The first-order chi connectivity index (χ1) is 7.83. The van der Waals surface area contributed by atoms with Crippen molar-refractivity contribution >= 4 is 0 Å². The molecule has 0 heterocycles. The van der Waals surface area contributed by atoms with E-state index in [9.17, 15) is 0 Å². The second kappa shape index (κ2) is 5.52. The SMILES string of the molecule is CN(C)C(CN)c1ccc(OC(C)(C)C)cc1. The highest BCUT2D eigenvalue weighted by Gasteiger charge is 2.14. The van der Waals surface area contributed by atoms with Gasteiger partial charge in [0.05, 0.1) is 0 Å². The van der Waals surface area contributed by atoms with Gasteiger partial charge in [-0.25, -0.2) is 0 Å². The molecule has 1 rings (SSSR count). The molecule has 0 aliphatic heterocycles. The van der Waals surface area contributed by atoms with E-state index in [1.54, 1.807) is 0 Å². The van der Waals surface area contributed by atoms with Gasteiger partial charge in [-0.3, -0.25) is 0 Å². The number of benzene rings is 1. The molecule has 3 heteroatoms. The van der Waals surface area contributed by atoms with Crippen LogP contribution in [0, 0.1) is 0 Å². The van der Waals surface area contributed by atoms with Crippen molar-refractivity contribution in [3.05, 3.63) is 29.8 Å². The molecule has 1 atom stereocenters. The van der Waals surface area contributed by atoms with Crippen LogP contribution in [0.15, 0.2) is 24.3 Å². The molecule has 0 saturated heterocycles. The standard InChI is InChI=1S/C14H24N2O/c1-14(2,3)17-12-8-6-11(7-9-12)13(10-15)16(4)5/h6-9,13H,10,15H2,1-5H3. The number of ether oxygens (including phenoxy) is 1. The molecule has 0 fully saturated rings. The minimum Gasteiger partial charge on any atom is -0.488 e. The third kappa shape index (κ3) is 4.36. The quantitative estimate of drug-likeness (QED) is 0.872. The number of rotatable bonds is 4. The molecule has 0 bridgehead atoms. The molecule has 0 spiro atoms. The Labute approximate surface area is 105 Å². The highest BCUT2D eigenvalue weighted by molar-refractivity contribution is 5.29. The first-order valence-electron chi connectivity index (χ1n) is 5.99. The van der Waals surface area contributed by atoms with Crippen LogP contribution in [0.25, 0.3) is 0 Å². The molecule has 0 aromatic heterocycles. The zero-order valence-corrected chi connectivity index (χ0v) is 11.5. The van der Waals surface area contributed by atoms with Crippen molar-refractivity contribution < 1.29 is 4.74 Å². The fourth-order valence-electron chi connectivity index (χ4n) is 1.76. The summed E-state index contributed by atoms with van der Waals surface area (Å²) in [6.07, 6.45) is 0. The predicted molar refractivity (Wildman–Crippen MR) is 72.3 cm³/mol. The average Bonchev–Trinajstić information content (AvgIpc) is 2.18. The monoisotopic (exact) mass is 236 g/mol. The highest BCUT2D eigenvalue weighted by Crippen LogP contribution is 2.22. The van der Waals surface area contributed by atoms with E-state index in [1.807, 2.05) is 47.0 Å². The van der Waals surface area contributed by atoms with Gasteiger partial charge in [0.25, 0.3) is 0 Å². The summed E-state index contributed by atoms with van der Waals surface area (Å²) in [6, 6.07) is 8.44. The number of nitrogens with two attached hydrogens (primary N) is 1. The molecule has 3 nitrogen and oxygen atoms in total. The Morgan fingerprint density at radius 1 is 1.18 bits per heavy atom. The van der Waals surface area contributed by atoms with Crippen LogP contribution in [0.4, 0.5) is 0 Å². The van der Waals surface area contributed by atoms with Gasteiger partial charge in [-0.15, -0.1) is 0 Å². The summed E-state index contributed by atoms with van der Waals surface area (Å²) in [5.74, 6) is 0.899. The summed E-state index contributed by atoms with van der Waals surface area (Å²) >= 11 is 0. The lowest BCUT2D eigenvalue weighted by Crippen LogP contribution is -2.27. The maximum Gasteiger partial charge on any atom is 0.120 e. The molecule has 1 aromatic carbocycles. The summed E-state index contributed by atoms with van der Waals surface area (Å²) < 4.78 is 5.79. The Bertz CT molecular complexity index is 338. The van der Waals surface area contributed by atoms with Crippen molar-refractivity contribution in [1.29, 1.82) is 0 Å². The second-order valence-electron chi connectivity index (χ2n) is 5.50. The Hall–Kier alpha value is -1.06. The lowest BCUT2D eigenvalue weighted by Gasteiger charge is -2.24. The van der Waals surface area contributed by atoms with E-state index < -0.39 is 0 Å². The maximum atomic E-state index is 5.79. The predicted octanol–water partition coefficient (Wildman–Crippen LogP) is 2.43. The molecule has 17 heavy (non-hydrogen) atoms. The Kier molecular flexibility index (Phi) is 4.54. The Morgan fingerprint density at radius 2 is 1.71 bits per heavy atom. The molecular formula is C14H24N2O. The zero-order valence-electron chi connectivity index (χ0n) is 11.5. The van der Waals surface area contributed by atoms with Gasteiger partial charge >= 0.3 is 0 Å². The Balaban J connectivity index is 2.80. The minimum atomic E-state index is -0.156. The molecule has 0 saturated carbocycles. The lowest BCUT2D eigenvalue weighted by atomic mass is 10.1. The second-order valence-corrected chi connectivity index (χ2v) is 5.50. The van der Waals surface area contributed by atoms with E-state index in [0.29, 0.717) is 6.54 Å². The topological polar surface area (TPSA) is 38.5 Å². The van der Waals surface area contributed by atoms with Gasteiger partial charge in [0.15, 0.2) is 0 Å². The van der Waals surface area contributed by atoms with E-state index in [1.165, 1.54) is 5.56 Å². The van der Waals surface area contributed by atoms with E-state index >= 15 is 0 Å². The molecule has 2 N–H and O–H groups in total. The molecule has 0 aliphatic rings. The van der Waals surface area contributed by atoms with Gasteiger partial charge in [-0.2, -0.15) is 0 Å². The van der Waals surface area contributed by atoms with Crippen molar-refractivity contribution in [3.63, 3.8) is 0 Å². The minimum absolute atomic E-state index is 0.156. The summed E-state index contributed by atoms with van der Waals surface area (Å²) in [6.45, 7) is 6.75. The van der Waals surface area contributed by atoms with Gasteiger partial charge in [-0.05, 0) is 52.6 Å². The van der Waals surface area contributed by atoms with Gasteiger partial charge in [0, 0.05) is 12.6 Å². The van der Waals surface area contributed by atoms with Crippen molar-refractivity contribution in [1.82, 2.24) is 4.90 Å². The van der Waals surface area contributed by atoms with Crippen LogP contribution in [-0.2, 0) is 0 Å². The van der Waals surface area contributed by atoms with Crippen LogP contribution in [-0.4, -0.2) is 31.1 Å². The van der Waals surface area contributed by atoms with Crippen LogP contribution in [0.5, 0.6) is 5.75 Å². The summed E-state index contributed by atoms with van der Waals surface area (Å²) in [7, 11) is 4.08. The van der Waals surface area contributed by atoms with E-state index in [0.717, 1.165) is 5.75 Å². The fraction of sp³-hybridized carbons (Fsp3) is 0.571. The van der Waals surface area contributed by atoms with Gasteiger partial charge in [0.2, 0.25) is 0 Å². The van der Waals surface area contributed by atoms with Crippen LogP contribution < -0.4 is 10.5 Å². The molecule has 96 valence electrons. The number of hydrogen-bond donors (Lipinski definition) is 1. The van der Waals surface area contributed by atoms with Crippen LogP contribution in [0.3, 0.4) is 0 Å². The largest absolute Gasteiger partial charge is 0.488 e. The first kappa shape index (κ1) is 14.0. The first-order valence-corrected chi connectivity index (χ1v) is 5.99. The lowest BCUT2D eigenvalue weighted by molar-refractivity contribution is 0.131. The summed E-state index contributed by atoms with van der Waals surface area (Å²) in [5, 5.41) is 0.